The molecule has 0 spiro atoms. The van der Waals surface area contributed by atoms with Crippen LogP contribution in [0.4, 0.5) is 5.69 Å². The molecule has 3 heterocycles. The van der Waals surface area contributed by atoms with Crippen LogP contribution in [0.1, 0.15) is 31.7 Å². The summed E-state index contributed by atoms with van der Waals surface area (Å²) in [7, 11) is -3.61. The van der Waals surface area contributed by atoms with E-state index in [1.165, 1.54) is 5.56 Å². The quantitative estimate of drug-likeness (QED) is 0.378. The average Bonchev–Trinajstić information content (AvgIpc) is 3.67. The first kappa shape index (κ1) is 25.7. The minimum Gasteiger partial charge on any atom is -0.491 e. The van der Waals surface area contributed by atoms with Gasteiger partial charge in [-0.05, 0) is 85.3 Å². The van der Waals surface area contributed by atoms with Gasteiger partial charge in [0, 0.05) is 31.2 Å². The number of hydrogen-bond acceptors (Lipinski definition) is 7. The number of benzene rings is 3. The Kier molecular flexibility index (Phi) is 6.72. The highest BCUT2D eigenvalue weighted by atomic mass is 32.2. The SMILES string of the molecule is CC(C)Oc1ccc(S(=O)(=O)N2CCC(C3CN(CC=O)c4cc(-c5ccc6c(c5)OCO6)ccc43)C2)cc1. The van der Waals surface area contributed by atoms with Gasteiger partial charge < -0.3 is 23.9 Å². The standard InChI is InChI=1S/C30H32N2O6S/c1-20(2)38-24-5-7-25(8-6-24)39(34,35)32-12-11-23(17-32)27-18-31(13-14-33)28-15-21(3-9-26(27)28)22-4-10-29-30(16-22)37-19-36-29/h3-10,14-16,20,23,27H,11-13,17-19H2,1-2H3. The minimum atomic E-state index is -3.61. The molecule has 3 aliphatic heterocycles. The Bertz CT molecular complexity index is 1490. The third kappa shape index (κ3) is 4.85. The van der Waals surface area contributed by atoms with Gasteiger partial charge in [0.25, 0.3) is 0 Å². The van der Waals surface area contributed by atoms with E-state index in [-0.39, 0.29) is 29.6 Å². The molecule has 0 bridgehead atoms. The molecule has 8 nitrogen and oxygen atoms in total. The van der Waals surface area contributed by atoms with Crippen molar-refractivity contribution < 1.29 is 27.4 Å². The summed E-state index contributed by atoms with van der Waals surface area (Å²) in [5, 5.41) is 0. The molecule has 2 unspecified atom stereocenters. The summed E-state index contributed by atoms with van der Waals surface area (Å²) in [4.78, 5) is 13.9. The molecule has 0 radical (unpaired) electrons. The van der Waals surface area contributed by atoms with E-state index >= 15 is 0 Å². The van der Waals surface area contributed by atoms with E-state index < -0.39 is 10.0 Å². The number of rotatable bonds is 8. The maximum Gasteiger partial charge on any atom is 0.243 e. The lowest BCUT2D eigenvalue weighted by atomic mass is 9.86. The van der Waals surface area contributed by atoms with Crippen LogP contribution in [0.3, 0.4) is 0 Å². The Labute approximate surface area is 229 Å². The van der Waals surface area contributed by atoms with Gasteiger partial charge >= 0.3 is 0 Å². The predicted molar refractivity (Wildman–Crippen MR) is 148 cm³/mol. The second-order valence-corrected chi connectivity index (χ2v) is 12.5. The maximum atomic E-state index is 13.4. The third-order valence-electron chi connectivity index (χ3n) is 7.78. The average molecular weight is 549 g/mol. The molecule has 39 heavy (non-hydrogen) atoms. The van der Waals surface area contributed by atoms with E-state index in [1.807, 2.05) is 32.0 Å². The van der Waals surface area contributed by atoms with Crippen LogP contribution in [-0.4, -0.2) is 58.1 Å². The van der Waals surface area contributed by atoms with Crippen molar-refractivity contribution in [2.24, 2.45) is 5.92 Å². The van der Waals surface area contributed by atoms with Crippen molar-refractivity contribution in [3.8, 4) is 28.4 Å². The van der Waals surface area contributed by atoms with Gasteiger partial charge in [-0.25, -0.2) is 8.42 Å². The van der Waals surface area contributed by atoms with Crippen molar-refractivity contribution in [3.05, 3.63) is 66.2 Å². The fourth-order valence-electron chi connectivity index (χ4n) is 5.90. The van der Waals surface area contributed by atoms with Crippen molar-refractivity contribution in [1.29, 1.82) is 0 Å². The summed E-state index contributed by atoms with van der Waals surface area (Å²) in [6.07, 6.45) is 1.72. The number of aldehydes is 1. The van der Waals surface area contributed by atoms with Crippen LogP contribution >= 0.6 is 0 Å². The largest absolute Gasteiger partial charge is 0.491 e. The molecule has 0 N–H and O–H groups in total. The third-order valence-corrected chi connectivity index (χ3v) is 9.66. The number of carbonyl (C=O) groups is 1. The molecule has 0 saturated carbocycles. The molecule has 1 saturated heterocycles. The molecule has 0 amide bonds. The predicted octanol–water partition coefficient (Wildman–Crippen LogP) is 4.68. The second kappa shape index (κ2) is 10.2. The number of hydrogen-bond donors (Lipinski definition) is 0. The number of fused-ring (bicyclic) bond motifs is 2. The molecule has 3 aromatic rings. The Morgan fingerprint density at radius 3 is 2.49 bits per heavy atom. The van der Waals surface area contributed by atoms with Crippen LogP contribution in [0.25, 0.3) is 11.1 Å². The summed E-state index contributed by atoms with van der Waals surface area (Å²) in [5.41, 5.74) is 4.24. The van der Waals surface area contributed by atoms with Crippen molar-refractivity contribution in [3.63, 3.8) is 0 Å². The van der Waals surface area contributed by atoms with E-state index in [9.17, 15) is 13.2 Å². The van der Waals surface area contributed by atoms with Gasteiger partial charge in [-0.15, -0.1) is 0 Å². The highest BCUT2D eigenvalue weighted by Gasteiger charge is 2.41. The topological polar surface area (TPSA) is 85.4 Å². The number of nitrogens with zero attached hydrogens (tertiary/aromatic N) is 2. The van der Waals surface area contributed by atoms with Crippen molar-refractivity contribution >= 4 is 22.0 Å². The Hall–Kier alpha value is -3.56. The second-order valence-electron chi connectivity index (χ2n) is 10.6. The lowest BCUT2D eigenvalue weighted by Gasteiger charge is -2.21. The minimum absolute atomic E-state index is 0.0213. The van der Waals surface area contributed by atoms with Crippen molar-refractivity contribution in [2.45, 2.75) is 37.2 Å². The number of carbonyl (C=O) groups excluding carboxylic acids is 1. The first-order chi connectivity index (χ1) is 18.8. The fraction of sp³-hybridized carbons (Fsp3) is 0.367. The zero-order valence-electron chi connectivity index (χ0n) is 22.1. The molecule has 0 aromatic heterocycles. The van der Waals surface area contributed by atoms with Crippen molar-refractivity contribution in [2.75, 3.05) is 37.9 Å². The Balaban J connectivity index is 1.22. The first-order valence-corrected chi connectivity index (χ1v) is 14.8. The number of ether oxygens (including phenoxy) is 3. The normalized spacial score (nSPS) is 20.4. The Morgan fingerprint density at radius 2 is 1.72 bits per heavy atom. The van der Waals surface area contributed by atoms with Gasteiger partial charge in [0.1, 0.15) is 12.0 Å². The molecule has 0 aliphatic carbocycles. The summed E-state index contributed by atoms with van der Waals surface area (Å²) in [6.45, 7) is 6.02. The molecule has 3 aromatic carbocycles. The van der Waals surface area contributed by atoms with Gasteiger partial charge in [-0.2, -0.15) is 4.31 Å². The van der Waals surface area contributed by atoms with Gasteiger partial charge in [0.2, 0.25) is 16.8 Å². The van der Waals surface area contributed by atoms with Gasteiger partial charge in [-0.1, -0.05) is 18.2 Å². The van der Waals surface area contributed by atoms with Crippen LogP contribution in [0.5, 0.6) is 17.2 Å². The fourth-order valence-corrected chi connectivity index (χ4v) is 7.41. The smallest absolute Gasteiger partial charge is 0.243 e. The molecule has 3 aliphatic rings. The summed E-state index contributed by atoms with van der Waals surface area (Å²) in [6, 6.07) is 18.9. The van der Waals surface area contributed by atoms with Crippen LogP contribution in [-0.2, 0) is 14.8 Å². The lowest BCUT2D eigenvalue weighted by Crippen LogP contribution is -2.31. The van der Waals surface area contributed by atoms with Crippen LogP contribution in [0.2, 0.25) is 0 Å². The van der Waals surface area contributed by atoms with Gasteiger partial charge in [-0.3, -0.25) is 0 Å². The Morgan fingerprint density at radius 1 is 0.974 bits per heavy atom. The lowest BCUT2D eigenvalue weighted by molar-refractivity contribution is -0.106. The molecule has 9 heteroatoms. The monoisotopic (exact) mass is 548 g/mol. The molecule has 204 valence electrons. The van der Waals surface area contributed by atoms with Crippen molar-refractivity contribution in [1.82, 2.24) is 4.31 Å². The molecule has 2 atom stereocenters. The first-order valence-electron chi connectivity index (χ1n) is 13.3. The van der Waals surface area contributed by atoms with E-state index in [0.29, 0.717) is 31.9 Å². The molecular weight excluding hydrogens is 516 g/mol. The highest BCUT2D eigenvalue weighted by Crippen LogP contribution is 2.46. The van der Waals surface area contributed by atoms with E-state index in [0.717, 1.165) is 41.0 Å². The zero-order chi connectivity index (χ0) is 27.1. The van der Waals surface area contributed by atoms with Crippen LogP contribution < -0.4 is 19.1 Å². The van der Waals surface area contributed by atoms with E-state index in [4.69, 9.17) is 14.2 Å². The zero-order valence-corrected chi connectivity index (χ0v) is 22.9. The van der Waals surface area contributed by atoms with Gasteiger partial charge in [0.15, 0.2) is 11.5 Å². The van der Waals surface area contributed by atoms with Crippen LogP contribution in [0, 0.1) is 5.92 Å². The molecular formula is C30H32N2O6S. The maximum absolute atomic E-state index is 13.4. The number of anilines is 1. The van der Waals surface area contributed by atoms with Gasteiger partial charge in [0.05, 0.1) is 17.5 Å². The van der Waals surface area contributed by atoms with Crippen LogP contribution in [0.15, 0.2) is 65.6 Å². The molecule has 6 rings (SSSR count). The summed E-state index contributed by atoms with van der Waals surface area (Å²) < 4.78 is 45.1. The summed E-state index contributed by atoms with van der Waals surface area (Å²) >= 11 is 0. The molecule has 1 fully saturated rings. The number of sulfonamides is 1. The summed E-state index contributed by atoms with van der Waals surface area (Å²) in [5.74, 6) is 2.43. The van der Waals surface area contributed by atoms with E-state index in [2.05, 4.69) is 23.1 Å². The highest BCUT2D eigenvalue weighted by molar-refractivity contribution is 7.89. The van der Waals surface area contributed by atoms with E-state index in [1.54, 1.807) is 28.6 Å².